The number of rotatable bonds is 7. The molecule has 282 valence electrons. The maximum atomic E-state index is 14.3. The SMILES string of the molecule is Fc1ccc(N(c2ccc(-c3ccc(N(c4ccc(F)cc4)c4cc5ccc6cccc7ccc(c4)c5c67)cc3)cc2)c2cc3ccc4cccc5ccc(c2)c3c45)cc1. The highest BCUT2D eigenvalue weighted by molar-refractivity contribution is 6.25. The first-order valence-electron chi connectivity index (χ1n) is 20.2. The van der Waals surface area contributed by atoms with Crippen LogP contribution in [0.5, 0.6) is 0 Å². The maximum Gasteiger partial charge on any atom is 0.123 e. The Labute approximate surface area is 345 Å². The standard InChI is InChI=1S/C56H34F2N2/c57-45-19-27-49(28-20-45)59(51-31-41-11-7-37-3-1-4-38-8-12-42(32-51)55(41)53(37)38)47-23-15-35(16-24-47)36-17-25-48(26-18-36)60(50-29-21-46(58)22-30-50)52-33-43-13-9-39-5-2-6-40-10-14-44(34-52)56(43)54(39)40/h1-34H. The van der Waals surface area contributed by atoms with Crippen molar-refractivity contribution in [2.24, 2.45) is 0 Å². The molecule has 0 spiro atoms. The van der Waals surface area contributed by atoms with Gasteiger partial charge in [0.2, 0.25) is 0 Å². The minimum atomic E-state index is -0.273. The fraction of sp³-hybridized carbons (Fsp3) is 0. The summed E-state index contributed by atoms with van der Waals surface area (Å²) < 4.78 is 28.5. The Morgan fingerprint density at radius 1 is 0.233 bits per heavy atom. The van der Waals surface area contributed by atoms with Crippen LogP contribution in [-0.2, 0) is 0 Å². The number of benzene rings is 12. The van der Waals surface area contributed by atoms with Gasteiger partial charge in [-0.15, -0.1) is 0 Å². The van der Waals surface area contributed by atoms with Gasteiger partial charge in [-0.25, -0.2) is 8.78 Å². The molecule has 0 aliphatic rings. The van der Waals surface area contributed by atoms with Gasteiger partial charge < -0.3 is 9.80 Å². The van der Waals surface area contributed by atoms with Gasteiger partial charge in [0.15, 0.2) is 0 Å². The third-order valence-corrected chi connectivity index (χ3v) is 12.2. The summed E-state index contributed by atoms with van der Waals surface area (Å²) in [6.45, 7) is 0. The summed E-state index contributed by atoms with van der Waals surface area (Å²) in [7, 11) is 0. The van der Waals surface area contributed by atoms with Gasteiger partial charge in [-0.05, 0) is 173 Å². The van der Waals surface area contributed by atoms with E-state index in [4.69, 9.17) is 0 Å². The number of hydrogen-bond acceptors (Lipinski definition) is 2. The zero-order valence-corrected chi connectivity index (χ0v) is 32.3. The zero-order valence-electron chi connectivity index (χ0n) is 32.3. The van der Waals surface area contributed by atoms with Crippen molar-refractivity contribution in [3.05, 3.63) is 218 Å². The molecule has 0 heterocycles. The van der Waals surface area contributed by atoms with Crippen molar-refractivity contribution in [2.75, 3.05) is 9.80 Å². The molecule has 0 aliphatic carbocycles. The van der Waals surface area contributed by atoms with Crippen LogP contribution in [0.3, 0.4) is 0 Å². The summed E-state index contributed by atoms with van der Waals surface area (Å²) in [6, 6.07) is 69.9. The minimum absolute atomic E-state index is 0.273. The van der Waals surface area contributed by atoms with Crippen LogP contribution in [0.15, 0.2) is 206 Å². The summed E-state index contributed by atoms with van der Waals surface area (Å²) in [5.74, 6) is -0.546. The Bertz CT molecular complexity index is 3180. The van der Waals surface area contributed by atoms with E-state index >= 15 is 0 Å². The van der Waals surface area contributed by atoms with Gasteiger partial charge in [-0.2, -0.15) is 0 Å². The van der Waals surface area contributed by atoms with Gasteiger partial charge in [-0.3, -0.25) is 0 Å². The van der Waals surface area contributed by atoms with Crippen LogP contribution in [0.2, 0.25) is 0 Å². The molecule has 4 heteroatoms. The Morgan fingerprint density at radius 3 is 0.783 bits per heavy atom. The van der Waals surface area contributed by atoms with E-state index in [9.17, 15) is 8.78 Å². The van der Waals surface area contributed by atoms with Crippen molar-refractivity contribution in [2.45, 2.75) is 0 Å². The first-order valence-corrected chi connectivity index (χ1v) is 20.2. The molecule has 60 heavy (non-hydrogen) atoms. The van der Waals surface area contributed by atoms with Crippen molar-refractivity contribution >= 4 is 98.8 Å². The summed E-state index contributed by atoms with van der Waals surface area (Å²) in [6.07, 6.45) is 0. The first kappa shape index (κ1) is 34.2. The molecule has 0 saturated carbocycles. The Kier molecular flexibility index (Phi) is 7.63. The largest absolute Gasteiger partial charge is 0.310 e. The van der Waals surface area contributed by atoms with Crippen LogP contribution < -0.4 is 9.80 Å². The van der Waals surface area contributed by atoms with E-state index in [1.807, 2.05) is 24.3 Å². The molecule has 0 aromatic heterocycles. The molecule has 12 aromatic carbocycles. The third kappa shape index (κ3) is 5.53. The van der Waals surface area contributed by atoms with Crippen LogP contribution >= 0.6 is 0 Å². The molecule has 0 saturated heterocycles. The smallest absolute Gasteiger partial charge is 0.123 e. The quantitative estimate of drug-likeness (QED) is 0.149. The van der Waals surface area contributed by atoms with Crippen LogP contribution in [0.1, 0.15) is 0 Å². The Balaban J connectivity index is 0.921. The molecule has 0 fully saturated rings. The average molecular weight is 773 g/mol. The van der Waals surface area contributed by atoms with E-state index in [2.05, 4.69) is 168 Å². The average Bonchev–Trinajstić information content (AvgIpc) is 3.29. The number of halogens is 2. The second-order valence-corrected chi connectivity index (χ2v) is 15.7. The van der Waals surface area contributed by atoms with Gasteiger partial charge in [0.25, 0.3) is 0 Å². The van der Waals surface area contributed by atoms with Crippen molar-refractivity contribution in [3.8, 4) is 11.1 Å². The van der Waals surface area contributed by atoms with E-state index in [-0.39, 0.29) is 11.6 Å². The number of nitrogens with zero attached hydrogens (tertiary/aromatic N) is 2. The summed E-state index contributed by atoms with van der Waals surface area (Å²) in [5, 5.41) is 14.6. The van der Waals surface area contributed by atoms with Gasteiger partial charge in [0.05, 0.1) is 0 Å². The molecule has 0 amide bonds. The van der Waals surface area contributed by atoms with Crippen molar-refractivity contribution in [1.82, 2.24) is 0 Å². The van der Waals surface area contributed by atoms with Gasteiger partial charge in [0, 0.05) is 34.1 Å². The molecule has 0 atom stereocenters. The third-order valence-electron chi connectivity index (χ3n) is 12.2. The summed E-state index contributed by atoms with van der Waals surface area (Å²) in [5.41, 5.74) is 7.79. The highest BCUT2D eigenvalue weighted by atomic mass is 19.1. The lowest BCUT2D eigenvalue weighted by Crippen LogP contribution is -2.10. The zero-order chi connectivity index (χ0) is 39.9. The molecule has 0 unspecified atom stereocenters. The first-order chi connectivity index (χ1) is 29.5. The Morgan fingerprint density at radius 2 is 0.483 bits per heavy atom. The van der Waals surface area contributed by atoms with Crippen molar-refractivity contribution in [3.63, 3.8) is 0 Å². The lowest BCUT2D eigenvalue weighted by Gasteiger charge is -2.27. The molecule has 0 radical (unpaired) electrons. The predicted octanol–water partition coefficient (Wildman–Crippen LogP) is 16.4. The monoisotopic (exact) mass is 772 g/mol. The lowest BCUT2D eigenvalue weighted by atomic mass is 9.93. The second kappa shape index (κ2) is 13.4. The molecule has 2 nitrogen and oxygen atoms in total. The van der Waals surface area contributed by atoms with Crippen LogP contribution in [0.25, 0.3) is 75.8 Å². The highest BCUT2D eigenvalue weighted by Gasteiger charge is 2.19. The van der Waals surface area contributed by atoms with Gasteiger partial charge in [-0.1, -0.05) is 109 Å². The molecule has 0 bridgehead atoms. The Hall–Kier alpha value is -7.82. The van der Waals surface area contributed by atoms with E-state index < -0.39 is 0 Å². The van der Waals surface area contributed by atoms with Crippen molar-refractivity contribution < 1.29 is 8.78 Å². The van der Waals surface area contributed by atoms with E-state index in [0.717, 1.165) is 66.8 Å². The molecule has 12 rings (SSSR count). The summed E-state index contributed by atoms with van der Waals surface area (Å²) in [4.78, 5) is 4.38. The highest BCUT2D eigenvalue weighted by Crippen LogP contribution is 2.44. The number of hydrogen-bond donors (Lipinski definition) is 0. The molecule has 12 aromatic rings. The fourth-order valence-electron chi connectivity index (χ4n) is 9.41. The fourth-order valence-corrected chi connectivity index (χ4v) is 9.41. The predicted molar refractivity (Wildman–Crippen MR) is 249 cm³/mol. The van der Waals surface area contributed by atoms with Crippen molar-refractivity contribution in [1.29, 1.82) is 0 Å². The van der Waals surface area contributed by atoms with E-state index in [0.29, 0.717) is 0 Å². The van der Waals surface area contributed by atoms with Gasteiger partial charge >= 0.3 is 0 Å². The van der Waals surface area contributed by atoms with Crippen LogP contribution in [0.4, 0.5) is 42.9 Å². The minimum Gasteiger partial charge on any atom is -0.310 e. The normalized spacial score (nSPS) is 11.8. The lowest BCUT2D eigenvalue weighted by molar-refractivity contribution is 0.627. The van der Waals surface area contributed by atoms with E-state index in [1.165, 1.54) is 67.4 Å². The second-order valence-electron chi connectivity index (χ2n) is 15.7. The van der Waals surface area contributed by atoms with Gasteiger partial charge in [0.1, 0.15) is 11.6 Å². The molecular weight excluding hydrogens is 739 g/mol. The molecule has 0 N–H and O–H groups in total. The van der Waals surface area contributed by atoms with Crippen LogP contribution in [0, 0.1) is 11.6 Å². The summed E-state index contributed by atoms with van der Waals surface area (Å²) >= 11 is 0. The van der Waals surface area contributed by atoms with E-state index in [1.54, 1.807) is 0 Å². The molecule has 0 aliphatic heterocycles. The number of anilines is 6. The molecular formula is C56H34F2N2. The van der Waals surface area contributed by atoms with Crippen LogP contribution in [-0.4, -0.2) is 0 Å². The maximum absolute atomic E-state index is 14.3. The topological polar surface area (TPSA) is 6.48 Å².